The minimum absolute atomic E-state index is 0.00510. The first kappa shape index (κ1) is 21.2. The molecule has 1 fully saturated rings. The highest BCUT2D eigenvalue weighted by Gasteiger charge is 2.31. The van der Waals surface area contributed by atoms with Crippen molar-refractivity contribution in [2.75, 3.05) is 25.0 Å². The Balaban J connectivity index is 1.57. The average Bonchev–Trinajstić information content (AvgIpc) is 3.38. The Morgan fingerprint density at radius 3 is 3.06 bits per heavy atom. The normalized spacial score (nSPS) is 18.1. The largest absolute Gasteiger partial charge is 0.475 e. The van der Waals surface area contributed by atoms with E-state index in [1.807, 2.05) is 24.8 Å². The Morgan fingerprint density at radius 2 is 2.21 bits per heavy atom. The number of nitrogens with zero attached hydrogens (tertiary/aromatic N) is 4. The molecule has 0 spiro atoms. The van der Waals surface area contributed by atoms with Crippen molar-refractivity contribution in [2.45, 2.75) is 38.8 Å². The summed E-state index contributed by atoms with van der Waals surface area (Å²) >= 11 is 0. The zero-order chi connectivity index (χ0) is 22.9. The van der Waals surface area contributed by atoms with E-state index >= 15 is 0 Å². The first-order chi connectivity index (χ1) is 16.0. The van der Waals surface area contributed by atoms with Crippen LogP contribution < -0.4 is 15.5 Å². The zero-order valence-corrected chi connectivity index (χ0v) is 18.6. The molecule has 172 valence electrons. The standard InChI is InChI=1S/C23H26N6O4/c1-14(2)33-27-23(31)16-9-15-10-17(11-16)24-6-8-28-18(3-4-21(28)30)13-32-20-5-7-29-22(26-20)19(15)12-25-29/h5,7,9-12,14,18,24H,3-4,6,8,13H2,1-2H3,(H,27,31)/t18-/m0/s1. The predicted octanol–water partition coefficient (Wildman–Crippen LogP) is 2.26. The average molecular weight is 450 g/mol. The van der Waals surface area contributed by atoms with Crippen LogP contribution in [0.25, 0.3) is 16.8 Å². The molecule has 10 heteroatoms. The number of hydrogen-bond donors (Lipinski definition) is 2. The summed E-state index contributed by atoms with van der Waals surface area (Å²) in [5, 5.41) is 7.76. The number of carbonyl (C=O) groups is 2. The lowest BCUT2D eigenvalue weighted by atomic mass is 10.0. The third kappa shape index (κ3) is 4.34. The molecular weight excluding hydrogens is 424 g/mol. The molecule has 5 rings (SSSR count). The van der Waals surface area contributed by atoms with Crippen LogP contribution in [-0.2, 0) is 9.63 Å². The van der Waals surface area contributed by atoms with E-state index in [2.05, 4.69) is 20.9 Å². The summed E-state index contributed by atoms with van der Waals surface area (Å²) in [6.07, 6.45) is 4.64. The molecule has 2 N–H and O–H groups in total. The lowest BCUT2D eigenvalue weighted by Gasteiger charge is -2.25. The maximum atomic E-state index is 12.7. The quantitative estimate of drug-likeness (QED) is 0.589. The Morgan fingerprint density at radius 1 is 1.33 bits per heavy atom. The van der Waals surface area contributed by atoms with Gasteiger partial charge in [0.15, 0.2) is 5.65 Å². The van der Waals surface area contributed by atoms with Crippen LogP contribution in [0.15, 0.2) is 36.7 Å². The number of fused-ring (bicyclic) bond motifs is 5. The fourth-order valence-electron chi connectivity index (χ4n) is 4.16. The van der Waals surface area contributed by atoms with Crippen molar-refractivity contribution in [3.63, 3.8) is 0 Å². The SMILES string of the molecule is CC(C)ONC(=O)c1cc2cc(c1)-c1cnn3ccc(nc13)OC[C@@H]1CCC(=O)N1CCN2. The van der Waals surface area contributed by atoms with Gasteiger partial charge in [-0.25, -0.2) is 10.00 Å². The van der Waals surface area contributed by atoms with Gasteiger partial charge in [-0.3, -0.25) is 14.4 Å². The number of nitrogens with one attached hydrogen (secondary N) is 2. The summed E-state index contributed by atoms with van der Waals surface area (Å²) in [5.41, 5.74) is 5.85. The van der Waals surface area contributed by atoms with Gasteiger partial charge in [-0.05, 0) is 44.0 Å². The second kappa shape index (κ2) is 8.70. The van der Waals surface area contributed by atoms with E-state index in [4.69, 9.17) is 9.57 Å². The van der Waals surface area contributed by atoms with Crippen LogP contribution in [0.3, 0.4) is 0 Å². The molecule has 2 amide bonds. The van der Waals surface area contributed by atoms with Gasteiger partial charge < -0.3 is 15.0 Å². The molecule has 1 atom stereocenters. The van der Waals surface area contributed by atoms with Crippen molar-refractivity contribution in [1.29, 1.82) is 0 Å². The second-order valence-corrected chi connectivity index (χ2v) is 8.51. The van der Waals surface area contributed by atoms with Gasteiger partial charge in [0.05, 0.1) is 18.3 Å². The predicted molar refractivity (Wildman–Crippen MR) is 121 cm³/mol. The number of benzene rings is 1. The molecule has 0 radical (unpaired) electrons. The fraction of sp³-hybridized carbons (Fsp3) is 0.391. The van der Waals surface area contributed by atoms with Crippen LogP contribution in [0.4, 0.5) is 5.69 Å². The van der Waals surface area contributed by atoms with Gasteiger partial charge in [0, 0.05) is 48.6 Å². The van der Waals surface area contributed by atoms with Gasteiger partial charge in [0.1, 0.15) is 6.61 Å². The molecule has 0 aliphatic carbocycles. The molecule has 3 aromatic rings. The molecule has 0 saturated carbocycles. The van der Waals surface area contributed by atoms with Crippen LogP contribution in [0.2, 0.25) is 0 Å². The summed E-state index contributed by atoms with van der Waals surface area (Å²) in [5.74, 6) is 0.245. The van der Waals surface area contributed by atoms with Gasteiger partial charge in [0.2, 0.25) is 11.8 Å². The van der Waals surface area contributed by atoms with Crippen LogP contribution in [0.1, 0.15) is 37.0 Å². The molecule has 10 nitrogen and oxygen atoms in total. The number of aromatic nitrogens is 3. The van der Waals surface area contributed by atoms with Crippen LogP contribution in [0.5, 0.6) is 5.88 Å². The van der Waals surface area contributed by atoms with E-state index in [0.717, 1.165) is 23.2 Å². The molecule has 0 unspecified atom stereocenters. The van der Waals surface area contributed by atoms with Gasteiger partial charge in [-0.2, -0.15) is 10.1 Å². The molecule has 4 bridgehead atoms. The number of hydrogen-bond acceptors (Lipinski definition) is 7. The highest BCUT2D eigenvalue weighted by molar-refractivity contribution is 5.97. The van der Waals surface area contributed by atoms with Gasteiger partial charge in [0.25, 0.3) is 5.91 Å². The molecule has 33 heavy (non-hydrogen) atoms. The van der Waals surface area contributed by atoms with Crippen molar-refractivity contribution in [3.05, 3.63) is 42.2 Å². The molecule has 2 aliphatic rings. The minimum Gasteiger partial charge on any atom is -0.475 e. The highest BCUT2D eigenvalue weighted by atomic mass is 16.7. The van der Waals surface area contributed by atoms with Crippen LogP contribution in [0, 0.1) is 0 Å². The number of hydroxylamine groups is 1. The Kier molecular flexibility index (Phi) is 5.59. The first-order valence-corrected chi connectivity index (χ1v) is 11.1. The van der Waals surface area contributed by atoms with Gasteiger partial charge in [-0.15, -0.1) is 0 Å². The van der Waals surface area contributed by atoms with Gasteiger partial charge >= 0.3 is 0 Å². The van der Waals surface area contributed by atoms with Crippen LogP contribution >= 0.6 is 0 Å². The summed E-state index contributed by atoms with van der Waals surface area (Å²) in [4.78, 5) is 36.9. The number of anilines is 1. The molecule has 1 saturated heterocycles. The Bertz CT molecular complexity index is 1210. The van der Waals surface area contributed by atoms with Crippen molar-refractivity contribution < 1.29 is 19.2 Å². The molecule has 2 aliphatic heterocycles. The number of carbonyl (C=O) groups excluding carboxylic acids is 2. The summed E-state index contributed by atoms with van der Waals surface area (Å²) in [6.45, 7) is 5.16. The molecule has 1 aromatic carbocycles. The second-order valence-electron chi connectivity index (χ2n) is 8.51. The zero-order valence-electron chi connectivity index (χ0n) is 18.6. The molecule has 2 aromatic heterocycles. The number of ether oxygens (including phenoxy) is 1. The summed E-state index contributed by atoms with van der Waals surface area (Å²) < 4.78 is 7.64. The first-order valence-electron chi connectivity index (χ1n) is 11.1. The Labute approximate surface area is 190 Å². The van der Waals surface area contributed by atoms with Gasteiger partial charge in [-0.1, -0.05) is 0 Å². The third-order valence-electron chi connectivity index (χ3n) is 5.80. The van der Waals surface area contributed by atoms with E-state index in [1.165, 1.54) is 0 Å². The molecule has 4 heterocycles. The lowest BCUT2D eigenvalue weighted by Crippen LogP contribution is -2.40. The number of amides is 2. The molecular formula is C23H26N6O4. The topological polar surface area (TPSA) is 110 Å². The van der Waals surface area contributed by atoms with Crippen molar-refractivity contribution >= 4 is 23.1 Å². The van der Waals surface area contributed by atoms with E-state index in [0.29, 0.717) is 43.2 Å². The fourth-order valence-corrected chi connectivity index (χ4v) is 4.16. The Hall–Kier alpha value is -3.66. The number of rotatable bonds is 3. The smallest absolute Gasteiger partial charge is 0.274 e. The maximum absolute atomic E-state index is 12.7. The summed E-state index contributed by atoms with van der Waals surface area (Å²) in [6, 6.07) is 7.26. The third-order valence-corrected chi connectivity index (χ3v) is 5.80. The lowest BCUT2D eigenvalue weighted by molar-refractivity contribution is -0.129. The summed E-state index contributed by atoms with van der Waals surface area (Å²) in [7, 11) is 0. The van der Waals surface area contributed by atoms with Crippen molar-refractivity contribution in [1.82, 2.24) is 25.0 Å². The van der Waals surface area contributed by atoms with E-state index in [9.17, 15) is 9.59 Å². The monoisotopic (exact) mass is 450 g/mol. The van der Waals surface area contributed by atoms with Crippen LogP contribution in [-0.4, -0.2) is 63.2 Å². The maximum Gasteiger partial charge on any atom is 0.274 e. The minimum atomic E-state index is -0.349. The van der Waals surface area contributed by atoms with Crippen molar-refractivity contribution in [3.8, 4) is 17.0 Å². The van der Waals surface area contributed by atoms with E-state index in [1.54, 1.807) is 35.1 Å². The van der Waals surface area contributed by atoms with E-state index in [-0.39, 0.29) is 24.0 Å². The van der Waals surface area contributed by atoms with E-state index < -0.39 is 0 Å². The highest BCUT2D eigenvalue weighted by Crippen LogP contribution is 2.29. The van der Waals surface area contributed by atoms with Crippen molar-refractivity contribution in [2.24, 2.45) is 0 Å².